The van der Waals surface area contributed by atoms with Crippen LogP contribution in [0.1, 0.15) is 29.8 Å². The van der Waals surface area contributed by atoms with Crippen molar-refractivity contribution in [3.63, 3.8) is 0 Å². The number of nitrogens with zero attached hydrogens (tertiary/aromatic N) is 1. The van der Waals surface area contributed by atoms with E-state index in [2.05, 4.69) is 26.0 Å². The molecule has 9 heteroatoms. The first-order chi connectivity index (χ1) is 13.9. The molecule has 2 aromatic rings. The number of carbonyl (C=O) groups excluding carboxylic acids is 2. The molecule has 1 aromatic carbocycles. The van der Waals surface area contributed by atoms with E-state index in [9.17, 15) is 14.9 Å². The van der Waals surface area contributed by atoms with E-state index in [1.54, 1.807) is 23.6 Å². The maximum atomic E-state index is 12.6. The summed E-state index contributed by atoms with van der Waals surface area (Å²) in [5, 5.41) is 14.0. The van der Waals surface area contributed by atoms with Crippen LogP contribution in [0.5, 0.6) is 11.5 Å². The fraction of sp³-hybridized carbons (Fsp3) is 0.250. The minimum atomic E-state index is -0.636. The topological polar surface area (TPSA) is 97.7 Å². The summed E-state index contributed by atoms with van der Waals surface area (Å²) < 4.78 is 16.5. The molecule has 0 saturated heterocycles. The Balaban J connectivity index is 2.34. The van der Waals surface area contributed by atoms with E-state index in [4.69, 9.17) is 9.47 Å². The normalized spacial score (nSPS) is 10.8. The Morgan fingerprint density at radius 2 is 2.00 bits per heavy atom. The van der Waals surface area contributed by atoms with Crippen LogP contribution in [0.25, 0.3) is 6.08 Å². The Morgan fingerprint density at radius 3 is 2.62 bits per heavy atom. The number of nitrogens with one attached hydrogen (secondary N) is 1. The van der Waals surface area contributed by atoms with Gasteiger partial charge in [0.1, 0.15) is 16.6 Å². The molecule has 0 spiro atoms. The van der Waals surface area contributed by atoms with Gasteiger partial charge in [-0.2, -0.15) is 5.26 Å². The summed E-state index contributed by atoms with van der Waals surface area (Å²) in [5.74, 6) is -0.154. The zero-order valence-electron chi connectivity index (χ0n) is 16.1. The number of hydrogen-bond donors (Lipinski definition) is 1. The summed E-state index contributed by atoms with van der Waals surface area (Å²) >= 11 is 4.59. The Labute approximate surface area is 181 Å². The summed E-state index contributed by atoms with van der Waals surface area (Å²) in [5.41, 5.74) is 0.674. The molecule has 1 N–H and O–H groups in total. The molecule has 0 fully saturated rings. The number of benzene rings is 1. The maximum absolute atomic E-state index is 12.6. The van der Waals surface area contributed by atoms with Gasteiger partial charge in [-0.15, -0.1) is 11.3 Å². The third-order valence-electron chi connectivity index (χ3n) is 3.59. The Morgan fingerprint density at radius 1 is 1.28 bits per heavy atom. The predicted octanol–water partition coefficient (Wildman–Crippen LogP) is 4.64. The van der Waals surface area contributed by atoms with Crippen LogP contribution in [-0.4, -0.2) is 32.2 Å². The fourth-order valence-electron chi connectivity index (χ4n) is 2.38. The second-order valence-corrected chi connectivity index (χ2v) is 7.25. The summed E-state index contributed by atoms with van der Waals surface area (Å²) in [6, 6.07) is 6.84. The minimum Gasteiger partial charge on any atom is -0.490 e. The van der Waals surface area contributed by atoms with Crippen LogP contribution in [0.3, 0.4) is 0 Å². The molecule has 0 aliphatic rings. The largest absolute Gasteiger partial charge is 0.490 e. The van der Waals surface area contributed by atoms with Gasteiger partial charge in [0, 0.05) is 0 Å². The van der Waals surface area contributed by atoms with E-state index < -0.39 is 11.9 Å². The van der Waals surface area contributed by atoms with Crippen molar-refractivity contribution in [3.05, 3.63) is 44.8 Å². The van der Waals surface area contributed by atoms with E-state index in [1.165, 1.54) is 13.2 Å². The average molecular weight is 479 g/mol. The number of ether oxygens (including phenoxy) is 3. The molecule has 0 aliphatic heterocycles. The first-order valence-electron chi connectivity index (χ1n) is 8.63. The van der Waals surface area contributed by atoms with Crippen LogP contribution < -0.4 is 14.8 Å². The quantitative estimate of drug-likeness (QED) is 0.337. The molecule has 2 rings (SSSR count). The van der Waals surface area contributed by atoms with E-state index in [-0.39, 0.29) is 11.1 Å². The number of hydrogen-bond acceptors (Lipinski definition) is 7. The number of anilines is 1. The van der Waals surface area contributed by atoms with E-state index in [0.29, 0.717) is 39.8 Å². The number of thiophene rings is 1. The molecule has 29 heavy (non-hydrogen) atoms. The second-order valence-electron chi connectivity index (χ2n) is 5.47. The van der Waals surface area contributed by atoms with E-state index >= 15 is 0 Å². The van der Waals surface area contributed by atoms with Gasteiger partial charge in [-0.3, -0.25) is 4.79 Å². The minimum absolute atomic E-state index is 0.132. The van der Waals surface area contributed by atoms with Crippen molar-refractivity contribution in [2.75, 3.05) is 25.6 Å². The molecule has 152 valence electrons. The lowest BCUT2D eigenvalue weighted by Gasteiger charge is -2.13. The summed E-state index contributed by atoms with van der Waals surface area (Å²) in [6.45, 7) is 4.60. The van der Waals surface area contributed by atoms with Crippen molar-refractivity contribution < 1.29 is 23.8 Å². The lowest BCUT2D eigenvalue weighted by Crippen LogP contribution is -2.15. The van der Waals surface area contributed by atoms with Gasteiger partial charge in [-0.25, -0.2) is 4.79 Å². The second kappa shape index (κ2) is 10.6. The number of rotatable bonds is 8. The predicted molar refractivity (Wildman–Crippen MR) is 114 cm³/mol. The Kier molecular flexibility index (Phi) is 8.24. The standard InChI is InChI=1S/C20H19BrN2O5S/c1-4-27-16-10-12(9-15(21)17(16)28-5-2)8-13(11-22)18(24)23-19-14(6-7-29-19)20(25)26-3/h6-10H,4-5H2,1-3H3,(H,23,24)/b13-8+. The van der Waals surface area contributed by atoms with Crippen LogP contribution in [-0.2, 0) is 9.53 Å². The van der Waals surface area contributed by atoms with Crippen LogP contribution in [0, 0.1) is 11.3 Å². The van der Waals surface area contributed by atoms with E-state index in [1.807, 2.05) is 19.9 Å². The number of halogens is 1. The Hall–Kier alpha value is -2.83. The molecule has 0 bridgehead atoms. The monoisotopic (exact) mass is 478 g/mol. The van der Waals surface area contributed by atoms with Gasteiger partial charge >= 0.3 is 5.97 Å². The average Bonchev–Trinajstić information content (AvgIpc) is 3.16. The highest BCUT2D eigenvalue weighted by molar-refractivity contribution is 9.10. The van der Waals surface area contributed by atoms with Gasteiger partial charge in [0.2, 0.25) is 0 Å². The molecule has 0 saturated carbocycles. The van der Waals surface area contributed by atoms with Crippen molar-refractivity contribution >= 4 is 50.2 Å². The highest BCUT2D eigenvalue weighted by Gasteiger charge is 2.18. The summed E-state index contributed by atoms with van der Waals surface area (Å²) in [4.78, 5) is 24.3. The number of amides is 1. The van der Waals surface area contributed by atoms with Gasteiger partial charge in [0.25, 0.3) is 5.91 Å². The molecular weight excluding hydrogens is 460 g/mol. The van der Waals surface area contributed by atoms with Crippen LogP contribution >= 0.6 is 27.3 Å². The zero-order valence-corrected chi connectivity index (χ0v) is 18.5. The third kappa shape index (κ3) is 5.59. The summed E-state index contributed by atoms with van der Waals surface area (Å²) in [6.07, 6.45) is 1.43. The lowest BCUT2D eigenvalue weighted by molar-refractivity contribution is -0.112. The highest BCUT2D eigenvalue weighted by atomic mass is 79.9. The highest BCUT2D eigenvalue weighted by Crippen LogP contribution is 2.37. The summed E-state index contributed by atoms with van der Waals surface area (Å²) in [7, 11) is 1.26. The molecule has 0 aliphatic carbocycles. The number of esters is 1. The smallest absolute Gasteiger partial charge is 0.340 e. The van der Waals surface area contributed by atoms with Gasteiger partial charge in [-0.1, -0.05) is 0 Å². The van der Waals surface area contributed by atoms with Crippen molar-refractivity contribution in [1.29, 1.82) is 5.26 Å². The zero-order chi connectivity index (χ0) is 21.4. The molecule has 0 radical (unpaired) electrons. The lowest BCUT2D eigenvalue weighted by atomic mass is 10.1. The van der Waals surface area contributed by atoms with Crippen molar-refractivity contribution in [1.82, 2.24) is 0 Å². The van der Waals surface area contributed by atoms with Crippen molar-refractivity contribution in [2.24, 2.45) is 0 Å². The molecule has 0 unspecified atom stereocenters. The first-order valence-corrected chi connectivity index (χ1v) is 10.3. The van der Waals surface area contributed by atoms with E-state index in [0.717, 1.165) is 11.3 Å². The van der Waals surface area contributed by atoms with Gasteiger partial charge < -0.3 is 19.5 Å². The van der Waals surface area contributed by atoms with Gasteiger partial charge in [0.15, 0.2) is 11.5 Å². The van der Waals surface area contributed by atoms with Gasteiger partial charge in [0.05, 0.1) is 30.4 Å². The number of nitriles is 1. The van der Waals surface area contributed by atoms with Crippen LogP contribution in [0.15, 0.2) is 33.6 Å². The third-order valence-corrected chi connectivity index (χ3v) is 5.01. The molecular formula is C20H19BrN2O5S. The van der Waals surface area contributed by atoms with Crippen molar-refractivity contribution in [2.45, 2.75) is 13.8 Å². The maximum Gasteiger partial charge on any atom is 0.340 e. The van der Waals surface area contributed by atoms with Crippen molar-refractivity contribution in [3.8, 4) is 17.6 Å². The number of carbonyl (C=O) groups is 2. The van der Waals surface area contributed by atoms with Crippen LogP contribution in [0.4, 0.5) is 5.00 Å². The number of methoxy groups -OCH3 is 1. The Bertz CT molecular complexity index is 978. The molecule has 1 aromatic heterocycles. The molecule has 1 amide bonds. The molecule has 7 nitrogen and oxygen atoms in total. The molecule has 0 atom stereocenters. The van der Waals surface area contributed by atoms with Crippen LogP contribution in [0.2, 0.25) is 0 Å². The first kappa shape index (κ1) is 22.5. The SMILES string of the molecule is CCOc1cc(/C=C(\C#N)C(=O)Nc2sccc2C(=O)OC)cc(Br)c1OCC. The molecule has 1 heterocycles. The fourth-order valence-corrected chi connectivity index (χ4v) is 3.73. The van der Waals surface area contributed by atoms with Gasteiger partial charge in [-0.05, 0) is 65.0 Å².